The van der Waals surface area contributed by atoms with Gasteiger partial charge in [-0.25, -0.2) is 4.39 Å². The molecule has 1 amide bonds. The number of halogens is 1. The molecule has 5 heteroatoms. The number of nitrogens with one attached hydrogen (secondary N) is 1. The highest BCUT2D eigenvalue weighted by Gasteiger charge is 2.18. The smallest absolute Gasteiger partial charge is 0.259 e. The maximum atomic E-state index is 13.5. The summed E-state index contributed by atoms with van der Waals surface area (Å²) >= 11 is 0. The lowest BCUT2D eigenvalue weighted by Crippen LogP contribution is -2.26. The minimum atomic E-state index is -0.626. The second-order valence-corrected chi connectivity index (χ2v) is 4.88. The van der Waals surface area contributed by atoms with Gasteiger partial charge in [0.2, 0.25) is 0 Å². The van der Waals surface area contributed by atoms with Crippen LogP contribution < -0.4 is 5.32 Å². The summed E-state index contributed by atoms with van der Waals surface area (Å²) in [7, 11) is 0. The van der Waals surface area contributed by atoms with E-state index in [0.717, 1.165) is 0 Å². The summed E-state index contributed by atoms with van der Waals surface area (Å²) in [5.74, 6) is -1.59. The molecule has 0 radical (unpaired) electrons. The average molecular weight is 289 g/mol. The Morgan fingerprint density at radius 1 is 1.19 bits per heavy atom. The van der Waals surface area contributed by atoms with Gasteiger partial charge in [0.1, 0.15) is 22.9 Å². The Morgan fingerprint density at radius 3 is 2.38 bits per heavy atom. The van der Waals surface area contributed by atoms with Crippen LogP contribution >= 0.6 is 0 Å². The van der Waals surface area contributed by atoms with Crippen LogP contribution in [0.1, 0.15) is 34.5 Å². The van der Waals surface area contributed by atoms with Crippen molar-refractivity contribution in [2.24, 2.45) is 0 Å². The molecule has 2 aromatic carbocycles. The van der Waals surface area contributed by atoms with Crippen LogP contribution in [0.4, 0.5) is 4.39 Å². The van der Waals surface area contributed by atoms with Crippen molar-refractivity contribution in [2.75, 3.05) is 0 Å². The van der Waals surface area contributed by atoms with Gasteiger partial charge in [-0.3, -0.25) is 4.79 Å². The molecule has 4 nitrogen and oxygen atoms in total. The molecule has 3 N–H and O–H groups in total. The van der Waals surface area contributed by atoms with Crippen LogP contribution in [0.5, 0.6) is 11.5 Å². The second kappa shape index (κ2) is 5.83. The number of benzene rings is 2. The summed E-state index contributed by atoms with van der Waals surface area (Å²) in [5.41, 5.74) is 0.925. The van der Waals surface area contributed by atoms with E-state index in [1.54, 1.807) is 26.0 Å². The second-order valence-electron chi connectivity index (χ2n) is 4.88. The molecule has 2 rings (SSSR count). The normalized spacial score (nSPS) is 12.0. The van der Waals surface area contributed by atoms with Crippen molar-refractivity contribution in [1.29, 1.82) is 0 Å². The molecule has 0 aromatic heterocycles. The third-order valence-electron chi connectivity index (χ3n) is 3.29. The number of carbonyl (C=O) groups is 1. The number of phenolic OH excluding ortho intramolecular Hbond substituents is 2. The zero-order valence-corrected chi connectivity index (χ0v) is 11.7. The first-order valence-electron chi connectivity index (χ1n) is 6.48. The number of carbonyl (C=O) groups excluding carboxylic acids is 1. The molecule has 0 aliphatic rings. The molecule has 0 saturated heterocycles. The predicted octanol–water partition coefficient (Wildman–Crippen LogP) is 3.04. The highest BCUT2D eigenvalue weighted by Crippen LogP contribution is 2.27. The van der Waals surface area contributed by atoms with E-state index in [-0.39, 0.29) is 22.9 Å². The minimum absolute atomic E-state index is 0.197. The summed E-state index contributed by atoms with van der Waals surface area (Å²) in [4.78, 5) is 12.1. The first-order chi connectivity index (χ1) is 9.90. The fourth-order valence-electron chi connectivity index (χ4n) is 1.99. The lowest BCUT2D eigenvalue weighted by atomic mass is 10.1. The lowest BCUT2D eigenvalue weighted by molar-refractivity contribution is 0.0934. The van der Waals surface area contributed by atoms with E-state index in [0.29, 0.717) is 11.1 Å². The molecule has 0 bridgehead atoms. The zero-order valence-electron chi connectivity index (χ0n) is 11.7. The predicted molar refractivity (Wildman–Crippen MR) is 76.8 cm³/mol. The standard InChI is InChI=1S/C16H16FNO3/c1-9-6-7-11(8-12(9)17)10(2)18-16(21)15-13(19)4-3-5-14(15)20/h3-8,10,19-20H,1-2H3,(H,18,21). The number of aryl methyl sites for hydroxylation is 1. The van der Waals surface area contributed by atoms with E-state index in [1.165, 1.54) is 24.3 Å². The van der Waals surface area contributed by atoms with Gasteiger partial charge in [-0.15, -0.1) is 0 Å². The third-order valence-corrected chi connectivity index (χ3v) is 3.29. The molecule has 1 atom stereocenters. The first-order valence-corrected chi connectivity index (χ1v) is 6.48. The van der Waals surface area contributed by atoms with Gasteiger partial charge in [0.15, 0.2) is 0 Å². The molecule has 0 aliphatic carbocycles. The molecule has 0 spiro atoms. The van der Waals surface area contributed by atoms with Gasteiger partial charge in [0.05, 0.1) is 6.04 Å². The fourth-order valence-corrected chi connectivity index (χ4v) is 1.99. The maximum Gasteiger partial charge on any atom is 0.259 e. The Kier molecular flexibility index (Phi) is 4.12. The zero-order chi connectivity index (χ0) is 15.6. The van der Waals surface area contributed by atoms with Gasteiger partial charge in [0, 0.05) is 0 Å². The van der Waals surface area contributed by atoms with Crippen LogP contribution in [0, 0.1) is 12.7 Å². The lowest BCUT2D eigenvalue weighted by Gasteiger charge is -2.16. The molecule has 110 valence electrons. The monoisotopic (exact) mass is 289 g/mol. The SMILES string of the molecule is Cc1ccc(C(C)NC(=O)c2c(O)cccc2O)cc1F. The van der Waals surface area contributed by atoms with Crippen molar-refractivity contribution < 1.29 is 19.4 Å². The molecule has 0 aliphatic heterocycles. The van der Waals surface area contributed by atoms with Crippen molar-refractivity contribution in [1.82, 2.24) is 5.32 Å². The van der Waals surface area contributed by atoms with Crippen molar-refractivity contribution in [2.45, 2.75) is 19.9 Å². The molecule has 2 aromatic rings. The summed E-state index contributed by atoms with van der Waals surface area (Å²) in [6, 6.07) is 8.28. The van der Waals surface area contributed by atoms with Crippen molar-refractivity contribution in [3.63, 3.8) is 0 Å². The largest absolute Gasteiger partial charge is 0.507 e. The van der Waals surface area contributed by atoms with Gasteiger partial charge in [-0.05, 0) is 43.2 Å². The van der Waals surface area contributed by atoms with Crippen LogP contribution in [0.15, 0.2) is 36.4 Å². The quantitative estimate of drug-likeness (QED) is 0.813. The average Bonchev–Trinajstić information content (AvgIpc) is 2.41. The summed E-state index contributed by atoms with van der Waals surface area (Å²) in [5, 5.41) is 21.9. The van der Waals surface area contributed by atoms with Gasteiger partial charge < -0.3 is 15.5 Å². The van der Waals surface area contributed by atoms with E-state index in [4.69, 9.17) is 0 Å². The Labute approximate surface area is 121 Å². The number of aromatic hydroxyl groups is 2. The Morgan fingerprint density at radius 2 is 1.81 bits per heavy atom. The van der Waals surface area contributed by atoms with Crippen LogP contribution in [0.25, 0.3) is 0 Å². The van der Waals surface area contributed by atoms with Gasteiger partial charge in [-0.1, -0.05) is 18.2 Å². The van der Waals surface area contributed by atoms with Crippen LogP contribution in [0.3, 0.4) is 0 Å². The Bertz CT molecular complexity index is 665. The molecular weight excluding hydrogens is 273 g/mol. The molecule has 21 heavy (non-hydrogen) atoms. The number of phenols is 2. The summed E-state index contributed by atoms with van der Waals surface area (Å²) in [6.45, 7) is 3.35. The van der Waals surface area contributed by atoms with Gasteiger partial charge >= 0.3 is 0 Å². The number of amides is 1. The minimum Gasteiger partial charge on any atom is -0.507 e. The van der Waals surface area contributed by atoms with Crippen LogP contribution in [-0.2, 0) is 0 Å². The number of hydrogen-bond acceptors (Lipinski definition) is 3. The highest BCUT2D eigenvalue weighted by atomic mass is 19.1. The first kappa shape index (κ1) is 14.8. The third kappa shape index (κ3) is 3.13. The molecule has 0 saturated carbocycles. The highest BCUT2D eigenvalue weighted by molar-refractivity contribution is 5.99. The molecular formula is C16H16FNO3. The van der Waals surface area contributed by atoms with E-state index < -0.39 is 11.9 Å². The summed E-state index contributed by atoms with van der Waals surface area (Å²) < 4.78 is 13.5. The van der Waals surface area contributed by atoms with Crippen LogP contribution in [0.2, 0.25) is 0 Å². The Hall–Kier alpha value is -2.56. The van der Waals surface area contributed by atoms with Crippen molar-refractivity contribution in [3.05, 3.63) is 58.9 Å². The molecule has 1 unspecified atom stereocenters. The van der Waals surface area contributed by atoms with Gasteiger partial charge in [0.25, 0.3) is 5.91 Å². The maximum absolute atomic E-state index is 13.5. The van der Waals surface area contributed by atoms with Crippen molar-refractivity contribution >= 4 is 5.91 Å². The van der Waals surface area contributed by atoms with E-state index >= 15 is 0 Å². The number of rotatable bonds is 3. The van der Waals surface area contributed by atoms with E-state index in [9.17, 15) is 19.4 Å². The van der Waals surface area contributed by atoms with Crippen molar-refractivity contribution in [3.8, 4) is 11.5 Å². The van der Waals surface area contributed by atoms with E-state index in [2.05, 4.69) is 5.32 Å². The fraction of sp³-hybridized carbons (Fsp3) is 0.188. The van der Waals surface area contributed by atoms with Gasteiger partial charge in [-0.2, -0.15) is 0 Å². The molecule has 0 heterocycles. The van der Waals surface area contributed by atoms with E-state index in [1.807, 2.05) is 0 Å². The Balaban J connectivity index is 2.21. The topological polar surface area (TPSA) is 69.6 Å². The van der Waals surface area contributed by atoms with Crippen LogP contribution in [-0.4, -0.2) is 16.1 Å². The molecule has 0 fully saturated rings. The summed E-state index contributed by atoms with van der Waals surface area (Å²) in [6.07, 6.45) is 0. The number of hydrogen-bond donors (Lipinski definition) is 3.